The van der Waals surface area contributed by atoms with Crippen LogP contribution in [-0.2, 0) is 4.79 Å². The highest BCUT2D eigenvalue weighted by Gasteiger charge is 2.17. The number of rotatable bonds is 5. The van der Waals surface area contributed by atoms with Crippen molar-refractivity contribution >= 4 is 17.7 Å². The minimum atomic E-state index is -1.01. The summed E-state index contributed by atoms with van der Waals surface area (Å²) in [5.74, 6) is -2.16. The lowest BCUT2D eigenvalue weighted by molar-refractivity contribution is -0.137. The van der Waals surface area contributed by atoms with E-state index in [-0.39, 0.29) is 23.3 Å². The zero-order chi connectivity index (χ0) is 13.0. The van der Waals surface area contributed by atoms with Gasteiger partial charge in [-0.3, -0.25) is 4.79 Å². The van der Waals surface area contributed by atoms with Crippen molar-refractivity contribution in [2.45, 2.75) is 23.8 Å². The van der Waals surface area contributed by atoms with Crippen LogP contribution in [0.1, 0.15) is 24.4 Å². The standard InChI is InChI=1S/C11H13F2NO2S/c1-17-9-5-6(12)4-7(11(9)13)8(14)2-3-10(15)16/h4-5,8H,2-3,14H2,1H3,(H,15,16). The smallest absolute Gasteiger partial charge is 0.303 e. The van der Waals surface area contributed by atoms with Crippen molar-refractivity contribution in [1.29, 1.82) is 0 Å². The van der Waals surface area contributed by atoms with Gasteiger partial charge in [0.1, 0.15) is 11.6 Å². The molecule has 0 bridgehead atoms. The molecular weight excluding hydrogens is 248 g/mol. The fourth-order valence-electron chi connectivity index (χ4n) is 1.44. The Labute approximate surface area is 102 Å². The lowest BCUT2D eigenvalue weighted by Gasteiger charge is -2.13. The zero-order valence-electron chi connectivity index (χ0n) is 9.24. The maximum Gasteiger partial charge on any atom is 0.303 e. The third-order valence-electron chi connectivity index (χ3n) is 2.32. The molecule has 1 unspecified atom stereocenters. The van der Waals surface area contributed by atoms with Gasteiger partial charge in [0.2, 0.25) is 0 Å². The van der Waals surface area contributed by atoms with Crippen LogP contribution in [-0.4, -0.2) is 17.3 Å². The van der Waals surface area contributed by atoms with Crippen LogP contribution in [0.3, 0.4) is 0 Å². The minimum Gasteiger partial charge on any atom is -0.481 e. The number of hydrogen-bond acceptors (Lipinski definition) is 3. The molecule has 0 radical (unpaired) electrons. The molecule has 1 rings (SSSR count). The second kappa shape index (κ2) is 5.97. The van der Waals surface area contributed by atoms with E-state index in [9.17, 15) is 13.6 Å². The Balaban J connectivity index is 2.96. The zero-order valence-corrected chi connectivity index (χ0v) is 10.1. The Bertz CT molecular complexity index is 426. The molecule has 3 nitrogen and oxygen atoms in total. The first-order valence-electron chi connectivity index (χ1n) is 4.96. The third-order valence-corrected chi connectivity index (χ3v) is 3.06. The molecule has 0 aliphatic rings. The van der Waals surface area contributed by atoms with Crippen molar-refractivity contribution in [3.8, 4) is 0 Å². The highest BCUT2D eigenvalue weighted by Crippen LogP contribution is 2.28. The van der Waals surface area contributed by atoms with Crippen LogP contribution in [0.25, 0.3) is 0 Å². The first-order chi connectivity index (χ1) is 7.95. The Morgan fingerprint density at radius 3 is 2.71 bits per heavy atom. The summed E-state index contributed by atoms with van der Waals surface area (Å²) >= 11 is 1.08. The molecule has 0 saturated carbocycles. The molecule has 17 heavy (non-hydrogen) atoms. The van der Waals surface area contributed by atoms with Gasteiger partial charge >= 0.3 is 5.97 Å². The lowest BCUT2D eigenvalue weighted by atomic mass is 10.0. The number of carboxylic acid groups (broad SMARTS) is 1. The molecule has 0 spiro atoms. The van der Waals surface area contributed by atoms with E-state index in [0.717, 1.165) is 23.9 Å². The normalized spacial score (nSPS) is 12.5. The van der Waals surface area contributed by atoms with Crippen molar-refractivity contribution in [1.82, 2.24) is 0 Å². The minimum absolute atomic E-state index is 0.0237. The number of halogens is 2. The molecule has 1 aromatic carbocycles. The summed E-state index contributed by atoms with van der Waals surface area (Å²) < 4.78 is 27.0. The van der Waals surface area contributed by atoms with E-state index in [1.807, 2.05) is 0 Å². The topological polar surface area (TPSA) is 63.3 Å². The van der Waals surface area contributed by atoms with Crippen LogP contribution in [0.15, 0.2) is 17.0 Å². The van der Waals surface area contributed by atoms with Gasteiger partial charge in [-0.1, -0.05) is 0 Å². The van der Waals surface area contributed by atoms with Crippen LogP contribution in [0.2, 0.25) is 0 Å². The largest absolute Gasteiger partial charge is 0.481 e. The highest BCUT2D eigenvalue weighted by molar-refractivity contribution is 7.98. The van der Waals surface area contributed by atoms with Crippen molar-refractivity contribution in [2.24, 2.45) is 5.73 Å². The number of nitrogens with two attached hydrogens (primary N) is 1. The van der Waals surface area contributed by atoms with Crippen LogP contribution in [0.5, 0.6) is 0 Å². The number of carbonyl (C=O) groups is 1. The Morgan fingerprint density at radius 1 is 1.53 bits per heavy atom. The molecule has 6 heteroatoms. The molecule has 0 aliphatic heterocycles. The van der Waals surface area contributed by atoms with Crippen LogP contribution in [0, 0.1) is 11.6 Å². The van der Waals surface area contributed by atoms with Gasteiger partial charge in [0.15, 0.2) is 0 Å². The molecule has 0 aliphatic carbocycles. The number of aliphatic carboxylic acids is 1. The summed E-state index contributed by atoms with van der Waals surface area (Å²) in [6.45, 7) is 0. The predicted molar refractivity (Wildman–Crippen MR) is 61.9 cm³/mol. The number of hydrogen-bond donors (Lipinski definition) is 2. The van der Waals surface area contributed by atoms with E-state index in [0.29, 0.717) is 0 Å². The molecule has 1 aromatic rings. The van der Waals surface area contributed by atoms with E-state index >= 15 is 0 Å². The van der Waals surface area contributed by atoms with E-state index in [4.69, 9.17) is 10.8 Å². The van der Waals surface area contributed by atoms with E-state index in [1.165, 1.54) is 0 Å². The summed E-state index contributed by atoms with van der Waals surface area (Å²) in [4.78, 5) is 10.6. The summed E-state index contributed by atoms with van der Waals surface area (Å²) in [5, 5.41) is 8.51. The molecule has 94 valence electrons. The summed E-state index contributed by atoms with van der Waals surface area (Å²) in [6, 6.07) is 1.29. The maximum absolute atomic E-state index is 13.8. The Kier molecular flexibility index (Phi) is 4.89. The number of carboxylic acids is 1. The van der Waals surface area contributed by atoms with E-state index in [2.05, 4.69) is 0 Å². The maximum atomic E-state index is 13.8. The second-order valence-electron chi connectivity index (χ2n) is 3.55. The average molecular weight is 261 g/mol. The molecule has 1 atom stereocenters. The summed E-state index contributed by atoms with van der Waals surface area (Å²) in [7, 11) is 0. The van der Waals surface area contributed by atoms with Gasteiger partial charge in [-0.2, -0.15) is 0 Å². The SMILES string of the molecule is CSc1cc(F)cc(C(N)CCC(=O)O)c1F. The van der Waals surface area contributed by atoms with Crippen LogP contribution >= 0.6 is 11.8 Å². The monoisotopic (exact) mass is 261 g/mol. The fourth-order valence-corrected chi connectivity index (χ4v) is 1.96. The third kappa shape index (κ3) is 3.67. The van der Waals surface area contributed by atoms with E-state index in [1.54, 1.807) is 6.26 Å². The van der Waals surface area contributed by atoms with Crippen LogP contribution < -0.4 is 5.73 Å². The Hall–Kier alpha value is -1.14. The van der Waals surface area contributed by atoms with Crippen molar-refractivity contribution in [3.63, 3.8) is 0 Å². The van der Waals surface area contributed by atoms with Gasteiger partial charge in [0, 0.05) is 22.9 Å². The molecule has 0 amide bonds. The molecule has 0 saturated heterocycles. The molecular formula is C11H13F2NO2S. The van der Waals surface area contributed by atoms with Crippen molar-refractivity contribution in [2.75, 3.05) is 6.26 Å². The van der Waals surface area contributed by atoms with Gasteiger partial charge < -0.3 is 10.8 Å². The summed E-state index contributed by atoms with van der Waals surface area (Å²) in [6.07, 6.45) is 1.53. The van der Waals surface area contributed by atoms with Gasteiger partial charge in [0.05, 0.1) is 0 Å². The van der Waals surface area contributed by atoms with Crippen LogP contribution in [0.4, 0.5) is 8.78 Å². The predicted octanol–water partition coefficient (Wildman–Crippen LogP) is 2.55. The van der Waals surface area contributed by atoms with Crippen molar-refractivity contribution < 1.29 is 18.7 Å². The van der Waals surface area contributed by atoms with Gasteiger partial charge in [0.25, 0.3) is 0 Å². The Morgan fingerprint density at radius 2 is 2.18 bits per heavy atom. The first kappa shape index (κ1) is 13.9. The second-order valence-corrected chi connectivity index (χ2v) is 4.40. The molecule has 0 aromatic heterocycles. The quantitative estimate of drug-likeness (QED) is 0.799. The number of thioether (sulfide) groups is 1. The first-order valence-corrected chi connectivity index (χ1v) is 6.18. The van der Waals surface area contributed by atoms with Gasteiger partial charge in [-0.15, -0.1) is 11.8 Å². The molecule has 0 fully saturated rings. The fraction of sp³-hybridized carbons (Fsp3) is 0.364. The molecule has 0 heterocycles. The highest BCUT2D eigenvalue weighted by atomic mass is 32.2. The number of benzene rings is 1. The van der Waals surface area contributed by atoms with Gasteiger partial charge in [-0.05, 0) is 24.8 Å². The van der Waals surface area contributed by atoms with Crippen molar-refractivity contribution in [3.05, 3.63) is 29.3 Å². The molecule has 3 N–H and O–H groups in total. The summed E-state index contributed by atoms with van der Waals surface area (Å²) in [5.41, 5.74) is 5.68. The lowest BCUT2D eigenvalue weighted by Crippen LogP contribution is -2.14. The van der Waals surface area contributed by atoms with E-state index < -0.39 is 23.6 Å². The van der Waals surface area contributed by atoms with Gasteiger partial charge in [-0.25, -0.2) is 8.78 Å². The average Bonchev–Trinajstić information content (AvgIpc) is 2.28.